The van der Waals surface area contributed by atoms with Gasteiger partial charge < -0.3 is 15.1 Å². The average Bonchev–Trinajstić information content (AvgIpc) is 3.06. The number of nitrogens with one attached hydrogen (secondary N) is 1. The van der Waals surface area contributed by atoms with E-state index in [4.69, 9.17) is 0 Å². The van der Waals surface area contributed by atoms with Crippen molar-refractivity contribution in [2.24, 2.45) is 13.0 Å². The predicted molar refractivity (Wildman–Crippen MR) is 97.9 cm³/mol. The van der Waals surface area contributed by atoms with Gasteiger partial charge in [-0.15, -0.1) is 0 Å². The molecule has 26 heavy (non-hydrogen) atoms. The smallest absolute Gasteiger partial charge is 0.268 e. The molecule has 8 nitrogen and oxygen atoms in total. The monoisotopic (exact) mass is 361 g/mol. The van der Waals surface area contributed by atoms with Crippen LogP contribution in [0.4, 0.5) is 5.69 Å². The number of carbonyl (C=O) groups excluding carboxylic acids is 2. The molecule has 0 unspecified atom stereocenters. The molecular weight excluding hydrogens is 334 g/mol. The number of aryl methyl sites for hydroxylation is 1. The summed E-state index contributed by atoms with van der Waals surface area (Å²) in [5, 5.41) is 7.06. The second-order valence-corrected chi connectivity index (χ2v) is 7.09. The largest absolute Gasteiger partial charge is 0.369 e. The number of amides is 2. The lowest BCUT2D eigenvalue weighted by Gasteiger charge is -2.33. The first-order chi connectivity index (χ1) is 12.5. The molecule has 2 fully saturated rings. The van der Waals surface area contributed by atoms with Crippen LogP contribution in [0.15, 0.2) is 17.1 Å². The highest BCUT2D eigenvalue weighted by Crippen LogP contribution is 2.21. The minimum atomic E-state index is -0.148. The van der Waals surface area contributed by atoms with Crippen LogP contribution >= 0.6 is 0 Å². The minimum absolute atomic E-state index is 0.0549. The van der Waals surface area contributed by atoms with E-state index in [0.29, 0.717) is 19.5 Å². The number of carbonyl (C=O) groups is 2. The third-order valence-electron chi connectivity index (χ3n) is 5.19. The summed E-state index contributed by atoms with van der Waals surface area (Å²) in [5.41, 5.74) is 0.628. The molecule has 2 aliphatic heterocycles. The van der Waals surface area contributed by atoms with Crippen molar-refractivity contribution in [1.82, 2.24) is 20.0 Å². The van der Waals surface area contributed by atoms with Gasteiger partial charge in [0.2, 0.25) is 11.8 Å². The topological polar surface area (TPSA) is 87.5 Å². The zero-order valence-electron chi connectivity index (χ0n) is 15.3. The molecule has 2 saturated heterocycles. The van der Waals surface area contributed by atoms with E-state index >= 15 is 0 Å². The van der Waals surface area contributed by atoms with E-state index in [2.05, 4.69) is 15.3 Å². The van der Waals surface area contributed by atoms with Gasteiger partial charge >= 0.3 is 0 Å². The van der Waals surface area contributed by atoms with Crippen LogP contribution in [-0.2, 0) is 16.6 Å². The second-order valence-electron chi connectivity index (χ2n) is 7.09. The van der Waals surface area contributed by atoms with Gasteiger partial charge in [0.1, 0.15) is 0 Å². The molecule has 0 aromatic carbocycles. The summed E-state index contributed by atoms with van der Waals surface area (Å²) in [6.07, 6.45) is 5.82. The number of rotatable bonds is 6. The van der Waals surface area contributed by atoms with E-state index in [1.54, 1.807) is 19.3 Å². The number of hydrogen-bond donors (Lipinski definition) is 1. The van der Waals surface area contributed by atoms with Crippen LogP contribution in [0.5, 0.6) is 0 Å². The first-order valence-electron chi connectivity index (χ1n) is 9.38. The summed E-state index contributed by atoms with van der Waals surface area (Å²) < 4.78 is 1.29. The molecule has 0 spiro atoms. The van der Waals surface area contributed by atoms with Crippen LogP contribution in [0.2, 0.25) is 0 Å². The summed E-state index contributed by atoms with van der Waals surface area (Å²) in [4.78, 5) is 39.7. The van der Waals surface area contributed by atoms with Crippen LogP contribution in [0.3, 0.4) is 0 Å². The first-order valence-corrected chi connectivity index (χ1v) is 9.38. The van der Waals surface area contributed by atoms with Crippen molar-refractivity contribution in [3.63, 3.8) is 0 Å². The highest BCUT2D eigenvalue weighted by molar-refractivity contribution is 5.79. The Kier molecular flexibility index (Phi) is 5.90. The molecule has 0 aliphatic carbocycles. The van der Waals surface area contributed by atoms with Gasteiger partial charge in [0.15, 0.2) is 0 Å². The molecule has 3 heterocycles. The van der Waals surface area contributed by atoms with Gasteiger partial charge in [-0.1, -0.05) is 0 Å². The summed E-state index contributed by atoms with van der Waals surface area (Å²) in [5.74, 6) is 0.197. The van der Waals surface area contributed by atoms with Gasteiger partial charge in [-0.3, -0.25) is 14.4 Å². The van der Waals surface area contributed by atoms with Crippen LogP contribution in [0, 0.1) is 5.92 Å². The van der Waals surface area contributed by atoms with Gasteiger partial charge in [0.25, 0.3) is 5.56 Å². The van der Waals surface area contributed by atoms with Gasteiger partial charge in [-0.2, -0.15) is 5.10 Å². The summed E-state index contributed by atoms with van der Waals surface area (Å²) >= 11 is 0. The molecular formula is C18H27N5O3. The maximum Gasteiger partial charge on any atom is 0.268 e. The van der Waals surface area contributed by atoms with Crippen molar-refractivity contribution in [3.05, 3.63) is 22.6 Å². The zero-order chi connectivity index (χ0) is 18.5. The molecule has 1 atom stereocenters. The minimum Gasteiger partial charge on any atom is -0.369 e. The lowest BCUT2D eigenvalue weighted by atomic mass is 9.97. The third kappa shape index (κ3) is 4.42. The summed E-state index contributed by atoms with van der Waals surface area (Å²) in [6.45, 7) is 3.58. The summed E-state index contributed by atoms with van der Waals surface area (Å²) in [7, 11) is 1.62. The molecule has 1 aromatic heterocycles. The molecule has 8 heteroatoms. The summed E-state index contributed by atoms with van der Waals surface area (Å²) in [6, 6.07) is 1.57. The fourth-order valence-electron chi connectivity index (χ4n) is 3.62. The van der Waals surface area contributed by atoms with Crippen molar-refractivity contribution >= 4 is 17.5 Å². The lowest BCUT2D eigenvalue weighted by molar-refractivity contribution is -0.127. The van der Waals surface area contributed by atoms with Crippen LogP contribution in [0.1, 0.15) is 32.1 Å². The van der Waals surface area contributed by atoms with Crippen LogP contribution in [-0.4, -0.2) is 59.2 Å². The fourth-order valence-corrected chi connectivity index (χ4v) is 3.62. The number of likely N-dealkylation sites (tertiary alicyclic amines) is 1. The highest BCUT2D eigenvalue weighted by Gasteiger charge is 2.26. The molecule has 1 aromatic rings. The Bertz CT molecular complexity index is 717. The molecule has 0 saturated carbocycles. The van der Waals surface area contributed by atoms with Gasteiger partial charge in [-0.25, -0.2) is 4.68 Å². The normalized spacial score (nSPS) is 20.5. The standard InChI is InChI=1S/C18H27N5O3/c1-21-17(25)11-15(12-20-21)23-9-2-5-14(13-23)18(26)19-7-4-10-22-8-3-6-16(22)24/h11-12,14H,2-10,13H2,1H3,(H,19,26)/t14-/m1/s1. The second kappa shape index (κ2) is 8.33. The predicted octanol–water partition coefficient (Wildman–Crippen LogP) is 0.125. The molecule has 1 N–H and O–H groups in total. The Morgan fingerprint density at radius 2 is 2.15 bits per heavy atom. The van der Waals surface area contributed by atoms with E-state index in [9.17, 15) is 14.4 Å². The molecule has 2 amide bonds. The van der Waals surface area contributed by atoms with Gasteiger partial charge in [0.05, 0.1) is 17.8 Å². The molecule has 0 radical (unpaired) electrons. The number of anilines is 1. The SMILES string of the molecule is Cn1ncc(N2CCC[C@@H](C(=O)NCCCN3CCCC3=O)C2)cc1=O. The molecule has 0 bridgehead atoms. The van der Waals surface area contributed by atoms with Crippen molar-refractivity contribution in [1.29, 1.82) is 0 Å². The maximum absolute atomic E-state index is 12.5. The maximum atomic E-state index is 12.5. The Morgan fingerprint density at radius 3 is 2.88 bits per heavy atom. The number of nitrogens with zero attached hydrogens (tertiary/aromatic N) is 4. The molecule has 142 valence electrons. The quantitative estimate of drug-likeness (QED) is 0.728. The van der Waals surface area contributed by atoms with Crippen molar-refractivity contribution < 1.29 is 9.59 Å². The molecule has 2 aliphatic rings. The van der Waals surface area contributed by atoms with E-state index in [1.165, 1.54) is 4.68 Å². The Balaban J connectivity index is 1.46. The van der Waals surface area contributed by atoms with Gasteiger partial charge in [0, 0.05) is 52.3 Å². The van der Waals surface area contributed by atoms with E-state index in [-0.39, 0.29) is 23.3 Å². The van der Waals surface area contributed by atoms with Crippen molar-refractivity contribution in [2.75, 3.05) is 37.6 Å². The number of hydrogen-bond acceptors (Lipinski definition) is 5. The average molecular weight is 361 g/mol. The Labute approximate surface area is 153 Å². The Morgan fingerprint density at radius 1 is 1.31 bits per heavy atom. The first kappa shape index (κ1) is 18.4. The fraction of sp³-hybridized carbons (Fsp3) is 0.667. The van der Waals surface area contributed by atoms with E-state index in [1.807, 2.05) is 4.90 Å². The third-order valence-corrected chi connectivity index (χ3v) is 5.19. The molecule has 3 rings (SSSR count). The van der Waals surface area contributed by atoms with E-state index in [0.717, 1.165) is 51.0 Å². The van der Waals surface area contributed by atoms with E-state index < -0.39 is 0 Å². The van der Waals surface area contributed by atoms with Gasteiger partial charge in [-0.05, 0) is 25.7 Å². The Hall–Kier alpha value is -2.38. The number of piperidine rings is 1. The van der Waals surface area contributed by atoms with Crippen molar-refractivity contribution in [2.45, 2.75) is 32.1 Å². The zero-order valence-corrected chi connectivity index (χ0v) is 15.3. The highest BCUT2D eigenvalue weighted by atomic mass is 16.2. The van der Waals surface area contributed by atoms with Crippen molar-refractivity contribution in [3.8, 4) is 0 Å². The van der Waals surface area contributed by atoms with Crippen LogP contribution < -0.4 is 15.8 Å². The van der Waals surface area contributed by atoms with Crippen LogP contribution in [0.25, 0.3) is 0 Å². The number of aromatic nitrogens is 2. The lowest BCUT2D eigenvalue weighted by Crippen LogP contribution is -2.44.